The zero-order valence-corrected chi connectivity index (χ0v) is 17.4. The van der Waals surface area contributed by atoms with Crippen molar-refractivity contribution in [1.82, 2.24) is 10.3 Å². The number of primary amides is 1. The van der Waals surface area contributed by atoms with Crippen molar-refractivity contribution in [1.29, 1.82) is 0 Å². The third kappa shape index (κ3) is 6.28. The van der Waals surface area contributed by atoms with Crippen molar-refractivity contribution in [2.45, 2.75) is 78.0 Å². The van der Waals surface area contributed by atoms with Crippen LogP contribution in [0.15, 0.2) is 6.07 Å². The Kier molecular flexibility index (Phi) is 7.10. The molecule has 4 N–H and O–H groups in total. The molecule has 28 heavy (non-hydrogen) atoms. The van der Waals surface area contributed by atoms with Crippen LogP contribution in [0, 0.1) is 6.92 Å². The molecule has 1 saturated carbocycles. The van der Waals surface area contributed by atoms with Gasteiger partial charge in [0.25, 0.3) is 5.91 Å². The van der Waals surface area contributed by atoms with Crippen LogP contribution in [0.4, 0.5) is 10.6 Å². The molecular weight excluding hydrogens is 360 g/mol. The maximum Gasteiger partial charge on any atom is 0.407 e. The highest BCUT2D eigenvalue weighted by Crippen LogP contribution is 2.27. The van der Waals surface area contributed by atoms with Crippen molar-refractivity contribution in [2.24, 2.45) is 5.73 Å². The summed E-state index contributed by atoms with van der Waals surface area (Å²) in [4.78, 5) is 28.0. The average Bonchev–Trinajstić information content (AvgIpc) is 2.57. The maximum atomic E-state index is 11.9. The van der Waals surface area contributed by atoms with Gasteiger partial charge in [0.2, 0.25) is 5.88 Å². The van der Waals surface area contributed by atoms with Gasteiger partial charge in [0.05, 0.1) is 6.61 Å². The molecule has 2 amide bonds. The summed E-state index contributed by atoms with van der Waals surface area (Å²) in [5.41, 5.74) is 6.04. The van der Waals surface area contributed by atoms with E-state index in [2.05, 4.69) is 15.6 Å². The second-order valence-corrected chi connectivity index (χ2v) is 8.14. The fourth-order valence-electron chi connectivity index (χ4n) is 3.22. The van der Waals surface area contributed by atoms with E-state index in [4.69, 9.17) is 15.2 Å². The van der Waals surface area contributed by atoms with E-state index in [9.17, 15) is 9.59 Å². The van der Waals surface area contributed by atoms with E-state index in [-0.39, 0.29) is 29.6 Å². The van der Waals surface area contributed by atoms with Crippen LogP contribution in [0.25, 0.3) is 0 Å². The van der Waals surface area contributed by atoms with Gasteiger partial charge in [0, 0.05) is 12.1 Å². The smallest absolute Gasteiger partial charge is 0.407 e. The Labute approximate surface area is 166 Å². The zero-order chi connectivity index (χ0) is 20.9. The van der Waals surface area contributed by atoms with Crippen LogP contribution in [-0.2, 0) is 4.74 Å². The molecule has 2 rings (SSSR count). The number of carbonyl (C=O) groups is 2. The van der Waals surface area contributed by atoms with Crippen LogP contribution in [0.1, 0.15) is 69.3 Å². The highest BCUT2D eigenvalue weighted by Gasteiger charge is 2.25. The predicted octanol–water partition coefficient (Wildman–Crippen LogP) is 3.14. The Balaban J connectivity index is 1.95. The van der Waals surface area contributed by atoms with Gasteiger partial charge >= 0.3 is 6.09 Å². The standard InChI is InChI=1S/C20H32N4O4/c1-6-27-18-15(16(21)25)11-12(2)17(24-18)22-13-7-9-14(10-8-13)23-19(26)28-20(3,4)5/h11,13-14H,6-10H2,1-5H3,(H2,21,25)(H,22,24)(H,23,26). The molecule has 1 aliphatic rings. The molecule has 1 fully saturated rings. The molecule has 0 radical (unpaired) electrons. The van der Waals surface area contributed by atoms with E-state index < -0.39 is 11.5 Å². The molecule has 0 saturated heterocycles. The Hall–Kier alpha value is -2.51. The summed E-state index contributed by atoms with van der Waals surface area (Å²) in [7, 11) is 0. The Morgan fingerprint density at radius 2 is 1.82 bits per heavy atom. The highest BCUT2D eigenvalue weighted by molar-refractivity contribution is 5.95. The van der Waals surface area contributed by atoms with Crippen molar-refractivity contribution in [3.05, 3.63) is 17.2 Å². The quantitative estimate of drug-likeness (QED) is 0.685. The molecule has 0 aromatic carbocycles. The van der Waals surface area contributed by atoms with Crippen molar-refractivity contribution in [3.8, 4) is 5.88 Å². The number of aryl methyl sites for hydroxylation is 1. The van der Waals surface area contributed by atoms with Crippen molar-refractivity contribution < 1.29 is 19.1 Å². The lowest BCUT2D eigenvalue weighted by Gasteiger charge is -2.31. The van der Waals surface area contributed by atoms with Gasteiger partial charge < -0.3 is 25.8 Å². The third-order valence-corrected chi connectivity index (χ3v) is 4.51. The molecule has 1 aliphatic carbocycles. The lowest BCUT2D eigenvalue weighted by atomic mass is 9.91. The molecule has 8 nitrogen and oxygen atoms in total. The number of amides is 2. The van der Waals surface area contributed by atoms with Crippen LogP contribution in [0.2, 0.25) is 0 Å². The molecule has 0 spiro atoms. The molecule has 1 heterocycles. The summed E-state index contributed by atoms with van der Waals surface area (Å²) in [6.07, 6.45) is 3.12. The van der Waals surface area contributed by atoms with Gasteiger partial charge in [-0.15, -0.1) is 0 Å². The van der Waals surface area contributed by atoms with Gasteiger partial charge in [-0.1, -0.05) is 0 Å². The van der Waals surface area contributed by atoms with E-state index >= 15 is 0 Å². The van der Waals surface area contributed by atoms with E-state index in [1.165, 1.54) is 0 Å². The lowest BCUT2D eigenvalue weighted by molar-refractivity contribution is 0.0492. The number of alkyl carbamates (subject to hydrolysis) is 1. The zero-order valence-electron chi connectivity index (χ0n) is 17.4. The minimum absolute atomic E-state index is 0.109. The van der Waals surface area contributed by atoms with Crippen LogP contribution in [-0.4, -0.2) is 41.3 Å². The van der Waals surface area contributed by atoms with Crippen molar-refractivity contribution in [2.75, 3.05) is 11.9 Å². The van der Waals surface area contributed by atoms with Gasteiger partial charge in [0.15, 0.2) is 0 Å². The van der Waals surface area contributed by atoms with Crippen LogP contribution >= 0.6 is 0 Å². The number of nitrogens with two attached hydrogens (primary N) is 1. The Morgan fingerprint density at radius 1 is 1.21 bits per heavy atom. The maximum absolute atomic E-state index is 11.9. The SMILES string of the molecule is CCOc1nc(NC2CCC(NC(=O)OC(C)(C)C)CC2)c(C)cc1C(N)=O. The largest absolute Gasteiger partial charge is 0.477 e. The van der Waals surface area contributed by atoms with Gasteiger partial charge in [-0.2, -0.15) is 4.98 Å². The number of pyridine rings is 1. The predicted molar refractivity (Wildman–Crippen MR) is 108 cm³/mol. The molecule has 1 aromatic heterocycles. The first-order valence-electron chi connectivity index (χ1n) is 9.79. The average molecular weight is 393 g/mol. The molecule has 1 aromatic rings. The molecular formula is C20H32N4O4. The summed E-state index contributed by atoms with van der Waals surface area (Å²) >= 11 is 0. The topological polar surface area (TPSA) is 116 Å². The number of aromatic nitrogens is 1. The molecule has 0 unspecified atom stereocenters. The number of nitrogens with zero attached hydrogens (tertiary/aromatic N) is 1. The van der Waals surface area contributed by atoms with Gasteiger partial charge in [-0.05, 0) is 71.9 Å². The summed E-state index contributed by atoms with van der Waals surface area (Å²) in [5, 5.41) is 6.38. The fourth-order valence-corrected chi connectivity index (χ4v) is 3.22. The number of ether oxygens (including phenoxy) is 2. The van der Waals surface area contributed by atoms with E-state index in [0.29, 0.717) is 12.4 Å². The summed E-state index contributed by atoms with van der Waals surface area (Å²) in [6.45, 7) is 9.66. The van der Waals surface area contributed by atoms with Crippen LogP contribution < -0.4 is 21.1 Å². The monoisotopic (exact) mass is 392 g/mol. The normalized spacial score (nSPS) is 19.6. The minimum atomic E-state index is -0.556. The number of nitrogens with one attached hydrogen (secondary N) is 2. The van der Waals surface area contributed by atoms with Crippen LogP contribution in [0.3, 0.4) is 0 Å². The summed E-state index contributed by atoms with van der Waals surface area (Å²) in [6, 6.07) is 2.05. The molecule has 0 aliphatic heterocycles. The molecule has 8 heteroatoms. The first kappa shape index (κ1) is 21.8. The van der Waals surface area contributed by atoms with Crippen molar-refractivity contribution in [3.63, 3.8) is 0 Å². The first-order valence-corrected chi connectivity index (χ1v) is 9.79. The first-order chi connectivity index (χ1) is 13.1. The number of carbonyl (C=O) groups excluding carboxylic acids is 2. The van der Waals surface area contributed by atoms with E-state index in [0.717, 1.165) is 31.2 Å². The number of rotatable bonds is 6. The second-order valence-electron chi connectivity index (χ2n) is 8.14. The Morgan fingerprint density at radius 3 is 2.36 bits per heavy atom. The molecule has 0 bridgehead atoms. The lowest BCUT2D eigenvalue weighted by Crippen LogP contribution is -2.42. The number of hydrogen-bond acceptors (Lipinski definition) is 6. The summed E-state index contributed by atoms with van der Waals surface area (Å²) in [5.74, 6) is 0.389. The van der Waals surface area contributed by atoms with Crippen LogP contribution in [0.5, 0.6) is 5.88 Å². The van der Waals surface area contributed by atoms with E-state index in [1.54, 1.807) is 6.07 Å². The summed E-state index contributed by atoms with van der Waals surface area (Å²) < 4.78 is 10.8. The third-order valence-electron chi connectivity index (χ3n) is 4.51. The minimum Gasteiger partial charge on any atom is -0.477 e. The molecule has 0 atom stereocenters. The number of anilines is 1. The Bertz CT molecular complexity index is 707. The number of hydrogen-bond donors (Lipinski definition) is 3. The van der Waals surface area contributed by atoms with Gasteiger partial charge in [-0.3, -0.25) is 4.79 Å². The second kappa shape index (κ2) is 9.12. The fraction of sp³-hybridized carbons (Fsp3) is 0.650. The highest BCUT2D eigenvalue weighted by atomic mass is 16.6. The molecule has 156 valence electrons. The van der Waals surface area contributed by atoms with E-state index in [1.807, 2.05) is 34.6 Å². The van der Waals surface area contributed by atoms with Gasteiger partial charge in [0.1, 0.15) is 17.0 Å². The van der Waals surface area contributed by atoms with Crippen molar-refractivity contribution >= 4 is 17.8 Å². The van der Waals surface area contributed by atoms with Gasteiger partial charge in [-0.25, -0.2) is 4.79 Å².